The molecule has 0 spiro atoms. The van der Waals surface area contributed by atoms with Crippen LogP contribution in [0.5, 0.6) is 0 Å². The van der Waals surface area contributed by atoms with Crippen LogP contribution in [0.2, 0.25) is 0 Å². The van der Waals surface area contributed by atoms with Gasteiger partial charge in [-0.2, -0.15) is 0 Å². The maximum atomic E-state index is 11.6. The molecule has 0 aromatic rings. The summed E-state index contributed by atoms with van der Waals surface area (Å²) in [5, 5.41) is 0. The maximum absolute atomic E-state index is 11.6. The third-order valence-electron chi connectivity index (χ3n) is 3.89. The molecule has 0 amide bonds. The van der Waals surface area contributed by atoms with E-state index in [-0.39, 0.29) is 12.3 Å². The number of rotatable bonds is 11. The Morgan fingerprint density at radius 3 is 2.25 bits per heavy atom. The highest BCUT2D eigenvalue weighted by molar-refractivity contribution is 5.69. The molecule has 0 bridgehead atoms. The molecule has 0 radical (unpaired) electrons. The summed E-state index contributed by atoms with van der Waals surface area (Å²) in [5.41, 5.74) is 0. The van der Waals surface area contributed by atoms with Crippen LogP contribution in [0.1, 0.15) is 90.4 Å². The van der Waals surface area contributed by atoms with Crippen molar-refractivity contribution in [1.82, 2.24) is 0 Å². The molecule has 0 aromatic carbocycles. The molecule has 1 fully saturated rings. The molecule has 118 valence electrons. The van der Waals surface area contributed by atoms with E-state index in [9.17, 15) is 4.79 Å². The van der Waals surface area contributed by atoms with E-state index in [0.29, 0.717) is 6.42 Å². The van der Waals surface area contributed by atoms with Gasteiger partial charge >= 0.3 is 5.97 Å². The van der Waals surface area contributed by atoms with Gasteiger partial charge in [0.15, 0.2) is 0 Å². The summed E-state index contributed by atoms with van der Waals surface area (Å²) >= 11 is 0. The van der Waals surface area contributed by atoms with Crippen LogP contribution in [0.25, 0.3) is 0 Å². The monoisotopic (exact) mass is 284 g/mol. The van der Waals surface area contributed by atoms with E-state index in [4.69, 9.17) is 9.47 Å². The van der Waals surface area contributed by atoms with Crippen molar-refractivity contribution in [1.29, 1.82) is 0 Å². The Hall–Kier alpha value is -0.570. The second kappa shape index (κ2) is 12.2. The predicted octanol–water partition coefficient (Wildman–Crippen LogP) is 4.98. The summed E-state index contributed by atoms with van der Waals surface area (Å²) in [6, 6.07) is 0. The van der Waals surface area contributed by atoms with Crippen molar-refractivity contribution in [2.45, 2.75) is 96.7 Å². The molecule has 1 aliphatic heterocycles. The van der Waals surface area contributed by atoms with E-state index in [1.165, 1.54) is 44.9 Å². The van der Waals surface area contributed by atoms with Crippen LogP contribution in [0.15, 0.2) is 0 Å². The first kappa shape index (κ1) is 17.5. The summed E-state index contributed by atoms with van der Waals surface area (Å²) in [6.45, 7) is 2.98. The lowest BCUT2D eigenvalue weighted by atomic mass is 10.1. The third kappa shape index (κ3) is 9.35. The van der Waals surface area contributed by atoms with Crippen molar-refractivity contribution < 1.29 is 14.3 Å². The first-order valence-corrected chi connectivity index (χ1v) is 8.64. The molecular formula is C17H32O3. The molecule has 1 unspecified atom stereocenters. The zero-order valence-corrected chi connectivity index (χ0v) is 13.2. The molecule has 0 aromatic heterocycles. The predicted molar refractivity (Wildman–Crippen MR) is 81.5 cm³/mol. The Kier molecular flexibility index (Phi) is 10.7. The normalized spacial score (nSPS) is 18.9. The summed E-state index contributed by atoms with van der Waals surface area (Å²) in [5.74, 6) is -0.0835. The van der Waals surface area contributed by atoms with E-state index < -0.39 is 0 Å². The van der Waals surface area contributed by atoms with E-state index in [1.807, 2.05) is 0 Å². The van der Waals surface area contributed by atoms with Gasteiger partial charge in [0, 0.05) is 12.8 Å². The smallest absolute Gasteiger partial charge is 0.308 e. The van der Waals surface area contributed by atoms with E-state index in [1.54, 1.807) is 0 Å². The Balaban J connectivity index is 1.84. The van der Waals surface area contributed by atoms with Gasteiger partial charge in [-0.25, -0.2) is 0 Å². The summed E-state index contributed by atoms with van der Waals surface area (Å²) in [7, 11) is 0. The summed E-state index contributed by atoms with van der Waals surface area (Å²) < 4.78 is 10.7. The van der Waals surface area contributed by atoms with Gasteiger partial charge in [-0.3, -0.25) is 4.79 Å². The molecular weight excluding hydrogens is 252 g/mol. The number of unbranched alkanes of at least 4 members (excludes halogenated alkanes) is 8. The second-order valence-corrected chi connectivity index (χ2v) is 5.86. The average Bonchev–Trinajstić information content (AvgIpc) is 2.46. The van der Waals surface area contributed by atoms with Crippen molar-refractivity contribution in [3.63, 3.8) is 0 Å². The Morgan fingerprint density at radius 1 is 1.00 bits per heavy atom. The minimum Gasteiger partial charge on any atom is -0.436 e. The number of hydrogen-bond donors (Lipinski definition) is 0. The van der Waals surface area contributed by atoms with Gasteiger partial charge in [-0.05, 0) is 19.3 Å². The number of esters is 1. The molecule has 1 aliphatic rings. The van der Waals surface area contributed by atoms with Gasteiger partial charge in [0.05, 0.1) is 6.61 Å². The quantitative estimate of drug-likeness (QED) is 0.396. The molecule has 1 atom stereocenters. The van der Waals surface area contributed by atoms with Crippen LogP contribution in [0.4, 0.5) is 0 Å². The topological polar surface area (TPSA) is 35.5 Å². The second-order valence-electron chi connectivity index (χ2n) is 5.86. The average molecular weight is 284 g/mol. The fourth-order valence-corrected chi connectivity index (χ4v) is 2.59. The molecule has 1 saturated heterocycles. The lowest BCUT2D eigenvalue weighted by molar-refractivity contribution is -0.186. The minimum absolute atomic E-state index is 0.0835. The largest absolute Gasteiger partial charge is 0.436 e. The maximum Gasteiger partial charge on any atom is 0.308 e. The van der Waals surface area contributed by atoms with Crippen LogP contribution in [-0.2, 0) is 14.3 Å². The van der Waals surface area contributed by atoms with Crippen LogP contribution in [-0.4, -0.2) is 18.9 Å². The SMILES string of the molecule is CCCCCCCCCCCC(=O)OC1CCCCO1. The molecule has 0 aliphatic carbocycles. The Morgan fingerprint density at radius 2 is 1.65 bits per heavy atom. The number of carbonyl (C=O) groups excluding carboxylic acids is 1. The van der Waals surface area contributed by atoms with E-state index in [2.05, 4.69) is 6.92 Å². The highest BCUT2D eigenvalue weighted by atomic mass is 16.7. The van der Waals surface area contributed by atoms with Gasteiger partial charge in [0.1, 0.15) is 0 Å². The van der Waals surface area contributed by atoms with Crippen molar-refractivity contribution in [2.24, 2.45) is 0 Å². The van der Waals surface area contributed by atoms with Gasteiger partial charge < -0.3 is 9.47 Å². The zero-order chi connectivity index (χ0) is 14.5. The van der Waals surface area contributed by atoms with Gasteiger partial charge in [0.25, 0.3) is 0 Å². The molecule has 0 saturated carbocycles. The highest BCUT2D eigenvalue weighted by Crippen LogP contribution is 2.15. The fraction of sp³-hybridized carbons (Fsp3) is 0.941. The molecule has 3 nitrogen and oxygen atoms in total. The lowest BCUT2D eigenvalue weighted by Gasteiger charge is -2.22. The van der Waals surface area contributed by atoms with Crippen molar-refractivity contribution >= 4 is 5.97 Å². The van der Waals surface area contributed by atoms with E-state index >= 15 is 0 Å². The Bertz CT molecular complexity index is 234. The van der Waals surface area contributed by atoms with Crippen LogP contribution in [0.3, 0.4) is 0 Å². The van der Waals surface area contributed by atoms with Crippen molar-refractivity contribution in [2.75, 3.05) is 6.61 Å². The fourth-order valence-electron chi connectivity index (χ4n) is 2.59. The minimum atomic E-state index is -0.269. The lowest BCUT2D eigenvalue weighted by Crippen LogP contribution is -2.25. The number of ether oxygens (including phenoxy) is 2. The molecule has 1 heterocycles. The summed E-state index contributed by atoms with van der Waals surface area (Å²) in [4.78, 5) is 11.6. The standard InChI is InChI=1S/C17H32O3/c1-2-3-4-5-6-7-8-9-10-13-16(18)20-17-14-11-12-15-19-17/h17H,2-15H2,1H3. The zero-order valence-electron chi connectivity index (χ0n) is 13.2. The van der Waals surface area contributed by atoms with Crippen LogP contribution >= 0.6 is 0 Å². The van der Waals surface area contributed by atoms with Crippen LogP contribution < -0.4 is 0 Å². The van der Waals surface area contributed by atoms with E-state index in [0.717, 1.165) is 38.7 Å². The van der Waals surface area contributed by atoms with Gasteiger partial charge in [-0.1, -0.05) is 58.3 Å². The third-order valence-corrected chi connectivity index (χ3v) is 3.89. The van der Waals surface area contributed by atoms with Crippen molar-refractivity contribution in [3.8, 4) is 0 Å². The van der Waals surface area contributed by atoms with Gasteiger partial charge in [-0.15, -0.1) is 0 Å². The first-order valence-electron chi connectivity index (χ1n) is 8.64. The molecule has 0 N–H and O–H groups in total. The highest BCUT2D eigenvalue weighted by Gasteiger charge is 2.17. The summed E-state index contributed by atoms with van der Waals surface area (Å²) in [6.07, 6.45) is 14.8. The number of hydrogen-bond acceptors (Lipinski definition) is 3. The molecule has 3 heteroatoms. The first-order chi connectivity index (χ1) is 9.83. The van der Waals surface area contributed by atoms with Crippen LogP contribution in [0, 0.1) is 0 Å². The molecule has 20 heavy (non-hydrogen) atoms. The van der Waals surface area contributed by atoms with Gasteiger partial charge in [0.2, 0.25) is 6.29 Å². The Labute approximate surface area is 124 Å². The molecule has 1 rings (SSSR count). The number of carbonyl (C=O) groups is 1. The van der Waals surface area contributed by atoms with Crippen molar-refractivity contribution in [3.05, 3.63) is 0 Å².